The molecule has 0 unspecified atom stereocenters. The van der Waals surface area contributed by atoms with E-state index in [-0.39, 0.29) is 5.82 Å². The van der Waals surface area contributed by atoms with E-state index in [9.17, 15) is 13.2 Å². The van der Waals surface area contributed by atoms with Crippen LogP contribution in [0, 0.1) is 0 Å². The number of pyridine rings is 1. The summed E-state index contributed by atoms with van der Waals surface area (Å²) < 4.78 is 40.5. The van der Waals surface area contributed by atoms with Gasteiger partial charge in [-0.15, -0.1) is 0 Å². The van der Waals surface area contributed by atoms with Crippen molar-refractivity contribution in [3.63, 3.8) is 0 Å². The molecule has 2 heterocycles. The van der Waals surface area contributed by atoms with Gasteiger partial charge >= 0.3 is 6.18 Å². The van der Waals surface area contributed by atoms with Crippen LogP contribution in [0.2, 0.25) is 0 Å². The van der Waals surface area contributed by atoms with Crippen LogP contribution in [0.1, 0.15) is 26.5 Å². The maximum absolute atomic E-state index is 12.9. The molecule has 0 bridgehead atoms. The summed E-state index contributed by atoms with van der Waals surface area (Å²) in [4.78, 5) is 3.66. The number of rotatable bonds is 3. The van der Waals surface area contributed by atoms with Crippen molar-refractivity contribution in [1.82, 2.24) is 14.8 Å². The predicted octanol–water partition coefficient (Wildman–Crippen LogP) is 5.04. The molecule has 27 heavy (non-hydrogen) atoms. The summed E-state index contributed by atoms with van der Waals surface area (Å²) in [6.45, 7) is 5.87. The molecule has 0 saturated heterocycles. The van der Waals surface area contributed by atoms with Gasteiger partial charge in [0.15, 0.2) is 0 Å². The minimum atomic E-state index is -4.50. The first-order valence-corrected chi connectivity index (χ1v) is 8.32. The molecule has 1 aromatic carbocycles. The summed E-state index contributed by atoms with van der Waals surface area (Å²) in [6.07, 6.45) is -4.50. The molecule has 0 atom stereocenters. The van der Waals surface area contributed by atoms with Crippen molar-refractivity contribution < 1.29 is 13.2 Å². The van der Waals surface area contributed by atoms with Gasteiger partial charge in [0.25, 0.3) is 0 Å². The highest BCUT2D eigenvalue weighted by Crippen LogP contribution is 2.31. The smallest absolute Gasteiger partial charge is 0.399 e. The number of hydrogen-bond acceptors (Lipinski definition) is 4. The van der Waals surface area contributed by atoms with Crippen molar-refractivity contribution in [2.45, 2.75) is 32.5 Å². The minimum Gasteiger partial charge on any atom is -0.399 e. The first-order valence-electron chi connectivity index (χ1n) is 8.32. The van der Waals surface area contributed by atoms with Gasteiger partial charge in [0, 0.05) is 17.3 Å². The lowest BCUT2D eigenvalue weighted by Gasteiger charge is -2.22. The number of nitrogen functional groups attached to an aromatic ring is 1. The van der Waals surface area contributed by atoms with Gasteiger partial charge in [-0.2, -0.15) is 18.3 Å². The highest BCUT2D eigenvalue weighted by Gasteiger charge is 2.32. The largest absolute Gasteiger partial charge is 0.433 e. The van der Waals surface area contributed by atoms with Crippen molar-refractivity contribution >= 4 is 17.3 Å². The van der Waals surface area contributed by atoms with Crippen LogP contribution in [0.15, 0.2) is 48.5 Å². The van der Waals surface area contributed by atoms with E-state index in [0.717, 1.165) is 11.6 Å². The van der Waals surface area contributed by atoms with E-state index in [1.165, 1.54) is 12.1 Å². The number of halogens is 3. The van der Waals surface area contributed by atoms with Gasteiger partial charge < -0.3 is 11.1 Å². The summed E-state index contributed by atoms with van der Waals surface area (Å²) in [7, 11) is 0. The average molecular weight is 375 g/mol. The second kappa shape index (κ2) is 6.61. The molecule has 0 radical (unpaired) electrons. The number of nitrogens with zero attached hydrogens (tertiary/aromatic N) is 3. The Labute approximate surface area is 155 Å². The molecular weight excluding hydrogens is 355 g/mol. The molecule has 3 rings (SSSR count). The Morgan fingerprint density at radius 2 is 1.67 bits per heavy atom. The standard InChI is InChI=1S/C19H20F3N5/c1-18(2,3)27-17(11-14(26-27)12-7-9-13(23)10-8-12)25-16-6-4-5-15(24-16)19(20,21)22/h4-11H,23H2,1-3H3,(H,24,25). The van der Waals surface area contributed by atoms with Crippen molar-refractivity contribution in [3.8, 4) is 11.3 Å². The fourth-order valence-electron chi connectivity index (χ4n) is 2.57. The molecule has 5 nitrogen and oxygen atoms in total. The van der Waals surface area contributed by atoms with Crippen LogP contribution in [-0.2, 0) is 11.7 Å². The zero-order chi connectivity index (χ0) is 19.8. The van der Waals surface area contributed by atoms with Crippen LogP contribution < -0.4 is 11.1 Å². The number of nitrogens with two attached hydrogens (primary N) is 1. The molecule has 0 spiro atoms. The first-order chi connectivity index (χ1) is 12.5. The summed E-state index contributed by atoms with van der Waals surface area (Å²) in [5.74, 6) is 0.639. The summed E-state index contributed by atoms with van der Waals surface area (Å²) in [5.41, 5.74) is 6.55. The van der Waals surface area contributed by atoms with Crippen molar-refractivity contribution in [2.24, 2.45) is 0 Å². The molecule has 8 heteroatoms. The number of aromatic nitrogens is 3. The quantitative estimate of drug-likeness (QED) is 0.629. The molecule has 2 aromatic heterocycles. The maximum atomic E-state index is 12.9. The van der Waals surface area contributed by atoms with Crippen molar-refractivity contribution in [3.05, 3.63) is 54.2 Å². The maximum Gasteiger partial charge on any atom is 0.433 e. The van der Waals surface area contributed by atoms with Gasteiger partial charge in [0.1, 0.15) is 17.3 Å². The Morgan fingerprint density at radius 1 is 1.00 bits per heavy atom. The average Bonchev–Trinajstić information content (AvgIpc) is 2.99. The highest BCUT2D eigenvalue weighted by molar-refractivity contribution is 5.67. The van der Waals surface area contributed by atoms with Crippen LogP contribution >= 0.6 is 0 Å². The topological polar surface area (TPSA) is 68.8 Å². The van der Waals surface area contributed by atoms with Crippen molar-refractivity contribution in [2.75, 3.05) is 11.1 Å². The third kappa shape index (κ3) is 4.21. The van der Waals surface area contributed by atoms with Crippen molar-refractivity contribution in [1.29, 1.82) is 0 Å². The zero-order valence-electron chi connectivity index (χ0n) is 15.2. The van der Waals surface area contributed by atoms with Crippen LogP contribution in [0.4, 0.5) is 30.5 Å². The van der Waals surface area contributed by atoms with E-state index in [1.54, 1.807) is 22.9 Å². The van der Waals surface area contributed by atoms with Gasteiger partial charge in [-0.1, -0.05) is 18.2 Å². The number of hydrogen-bond donors (Lipinski definition) is 2. The Balaban J connectivity index is 2.01. The molecule has 0 amide bonds. The lowest BCUT2D eigenvalue weighted by atomic mass is 10.1. The van der Waals surface area contributed by atoms with E-state index < -0.39 is 17.4 Å². The number of alkyl halides is 3. The summed E-state index contributed by atoms with van der Waals surface area (Å²) >= 11 is 0. The SMILES string of the molecule is CC(C)(C)n1nc(-c2ccc(N)cc2)cc1Nc1cccc(C(F)(F)F)n1. The molecule has 0 fully saturated rings. The third-order valence-electron chi connectivity index (χ3n) is 3.85. The monoisotopic (exact) mass is 375 g/mol. The molecule has 0 aliphatic rings. The van der Waals surface area contributed by atoms with Crippen LogP contribution in [0.25, 0.3) is 11.3 Å². The summed E-state index contributed by atoms with van der Waals surface area (Å²) in [5, 5.41) is 7.57. The molecule has 3 N–H and O–H groups in total. The van der Waals surface area contributed by atoms with E-state index in [2.05, 4.69) is 15.4 Å². The Hall–Kier alpha value is -3.03. The van der Waals surface area contributed by atoms with Crippen LogP contribution in [-0.4, -0.2) is 14.8 Å². The van der Waals surface area contributed by atoms with Crippen LogP contribution in [0.5, 0.6) is 0 Å². The van der Waals surface area contributed by atoms with E-state index in [1.807, 2.05) is 32.9 Å². The number of nitrogens with one attached hydrogen (secondary N) is 1. The second-order valence-corrected chi connectivity index (χ2v) is 7.15. The third-order valence-corrected chi connectivity index (χ3v) is 3.85. The first kappa shape index (κ1) is 18.8. The van der Waals surface area contributed by atoms with Gasteiger partial charge in [-0.05, 0) is 45.0 Å². The second-order valence-electron chi connectivity index (χ2n) is 7.15. The van der Waals surface area contributed by atoms with Gasteiger partial charge in [0.05, 0.1) is 11.2 Å². The Morgan fingerprint density at radius 3 is 2.26 bits per heavy atom. The Bertz CT molecular complexity index is 937. The summed E-state index contributed by atoms with van der Waals surface area (Å²) in [6, 6.07) is 12.7. The zero-order valence-corrected chi connectivity index (χ0v) is 15.2. The Kier molecular flexibility index (Phi) is 4.59. The molecule has 0 saturated carbocycles. The molecule has 142 valence electrons. The fourth-order valence-corrected chi connectivity index (χ4v) is 2.57. The lowest BCUT2D eigenvalue weighted by molar-refractivity contribution is -0.141. The predicted molar refractivity (Wildman–Crippen MR) is 99.6 cm³/mol. The number of anilines is 3. The minimum absolute atomic E-state index is 0.0964. The van der Waals surface area contributed by atoms with E-state index in [0.29, 0.717) is 17.2 Å². The molecule has 0 aliphatic carbocycles. The van der Waals surface area contributed by atoms with Gasteiger partial charge in [-0.3, -0.25) is 0 Å². The highest BCUT2D eigenvalue weighted by atomic mass is 19.4. The molecular formula is C19H20F3N5. The van der Waals surface area contributed by atoms with E-state index in [4.69, 9.17) is 5.73 Å². The number of benzene rings is 1. The van der Waals surface area contributed by atoms with E-state index >= 15 is 0 Å². The molecule has 0 aliphatic heterocycles. The molecule has 3 aromatic rings. The van der Waals surface area contributed by atoms with Crippen LogP contribution in [0.3, 0.4) is 0 Å². The van der Waals surface area contributed by atoms with Gasteiger partial charge in [0.2, 0.25) is 0 Å². The lowest BCUT2D eigenvalue weighted by Crippen LogP contribution is -2.24. The normalized spacial score (nSPS) is 12.2. The van der Waals surface area contributed by atoms with Gasteiger partial charge in [-0.25, -0.2) is 9.67 Å². The fraction of sp³-hybridized carbons (Fsp3) is 0.263.